The van der Waals surface area contributed by atoms with Crippen LogP contribution in [0.15, 0.2) is 22.8 Å². The summed E-state index contributed by atoms with van der Waals surface area (Å²) in [6, 6.07) is 3.62. The SMILES string of the molecule is C[C@@H](NC(=O)CC1(CN)CCC1)c1ccco1. The van der Waals surface area contributed by atoms with Crippen LogP contribution in [0.4, 0.5) is 0 Å². The second-order valence-electron chi connectivity index (χ2n) is 5.04. The monoisotopic (exact) mass is 236 g/mol. The Morgan fingerprint density at radius 1 is 1.65 bits per heavy atom. The fourth-order valence-corrected chi connectivity index (χ4v) is 2.37. The first-order valence-electron chi connectivity index (χ1n) is 6.18. The molecule has 0 unspecified atom stereocenters. The zero-order chi connectivity index (χ0) is 12.3. The maximum atomic E-state index is 11.9. The van der Waals surface area contributed by atoms with E-state index in [9.17, 15) is 4.79 Å². The van der Waals surface area contributed by atoms with Gasteiger partial charge in [0.2, 0.25) is 5.91 Å². The highest BCUT2D eigenvalue weighted by atomic mass is 16.3. The normalized spacial score (nSPS) is 19.4. The maximum Gasteiger partial charge on any atom is 0.221 e. The summed E-state index contributed by atoms with van der Waals surface area (Å²) in [5.74, 6) is 0.854. The molecule has 3 N–H and O–H groups in total. The van der Waals surface area contributed by atoms with Crippen LogP contribution in [0.5, 0.6) is 0 Å². The van der Waals surface area contributed by atoms with E-state index in [0.717, 1.165) is 18.6 Å². The molecule has 1 aliphatic carbocycles. The van der Waals surface area contributed by atoms with E-state index < -0.39 is 0 Å². The van der Waals surface area contributed by atoms with Crippen LogP contribution in [0.1, 0.15) is 44.4 Å². The molecule has 1 aliphatic rings. The van der Waals surface area contributed by atoms with Gasteiger partial charge in [-0.3, -0.25) is 4.79 Å². The first-order chi connectivity index (χ1) is 8.15. The van der Waals surface area contributed by atoms with Crippen LogP contribution >= 0.6 is 0 Å². The number of hydrogen-bond acceptors (Lipinski definition) is 3. The van der Waals surface area contributed by atoms with E-state index >= 15 is 0 Å². The Hall–Kier alpha value is -1.29. The van der Waals surface area contributed by atoms with E-state index in [1.165, 1.54) is 6.42 Å². The van der Waals surface area contributed by atoms with Gasteiger partial charge in [-0.15, -0.1) is 0 Å². The second kappa shape index (κ2) is 4.92. The highest BCUT2D eigenvalue weighted by Crippen LogP contribution is 2.42. The zero-order valence-electron chi connectivity index (χ0n) is 10.2. The summed E-state index contributed by atoms with van der Waals surface area (Å²) in [5.41, 5.74) is 5.81. The van der Waals surface area contributed by atoms with Crippen LogP contribution in [-0.2, 0) is 4.79 Å². The van der Waals surface area contributed by atoms with Gasteiger partial charge in [0.1, 0.15) is 5.76 Å². The molecular formula is C13H20N2O2. The molecule has 17 heavy (non-hydrogen) atoms. The number of carbonyl (C=O) groups excluding carboxylic acids is 1. The van der Waals surface area contributed by atoms with Crippen LogP contribution in [-0.4, -0.2) is 12.5 Å². The van der Waals surface area contributed by atoms with Crippen molar-refractivity contribution in [2.75, 3.05) is 6.54 Å². The Labute approximate surface area is 102 Å². The number of hydrogen-bond donors (Lipinski definition) is 2. The van der Waals surface area contributed by atoms with Crippen molar-refractivity contribution in [1.82, 2.24) is 5.32 Å². The molecule has 2 rings (SSSR count). The number of carbonyl (C=O) groups is 1. The quantitative estimate of drug-likeness (QED) is 0.821. The minimum atomic E-state index is -0.0765. The predicted octanol–water partition coefficient (Wildman–Crippen LogP) is 1.98. The third kappa shape index (κ3) is 2.69. The first-order valence-corrected chi connectivity index (χ1v) is 6.18. The highest BCUT2D eigenvalue weighted by Gasteiger charge is 2.37. The fourth-order valence-electron chi connectivity index (χ4n) is 2.37. The van der Waals surface area contributed by atoms with Crippen LogP contribution in [0.3, 0.4) is 0 Å². The van der Waals surface area contributed by atoms with Gasteiger partial charge >= 0.3 is 0 Å². The van der Waals surface area contributed by atoms with Crippen molar-refractivity contribution in [1.29, 1.82) is 0 Å². The maximum absolute atomic E-state index is 11.9. The highest BCUT2D eigenvalue weighted by molar-refractivity contribution is 5.77. The summed E-state index contributed by atoms with van der Waals surface area (Å²) in [6.45, 7) is 2.53. The number of rotatable bonds is 5. The van der Waals surface area contributed by atoms with Gasteiger partial charge in [-0.2, -0.15) is 0 Å². The van der Waals surface area contributed by atoms with Crippen molar-refractivity contribution >= 4 is 5.91 Å². The van der Waals surface area contributed by atoms with E-state index in [0.29, 0.717) is 13.0 Å². The predicted molar refractivity (Wildman–Crippen MR) is 65.2 cm³/mol. The lowest BCUT2D eigenvalue weighted by Gasteiger charge is -2.40. The molecule has 0 spiro atoms. The molecule has 1 amide bonds. The summed E-state index contributed by atoms with van der Waals surface area (Å²) in [6.07, 6.45) is 5.50. The van der Waals surface area contributed by atoms with Gasteiger partial charge in [0.05, 0.1) is 12.3 Å². The minimum absolute atomic E-state index is 0.0625. The smallest absolute Gasteiger partial charge is 0.221 e. The second-order valence-corrected chi connectivity index (χ2v) is 5.04. The number of amides is 1. The van der Waals surface area contributed by atoms with E-state index in [1.54, 1.807) is 6.26 Å². The molecule has 94 valence electrons. The average Bonchev–Trinajstić information content (AvgIpc) is 2.76. The summed E-state index contributed by atoms with van der Waals surface area (Å²) >= 11 is 0. The summed E-state index contributed by atoms with van der Waals surface area (Å²) < 4.78 is 5.25. The molecule has 4 nitrogen and oxygen atoms in total. The Balaban J connectivity index is 1.85. The van der Waals surface area contributed by atoms with Crippen molar-refractivity contribution in [2.24, 2.45) is 11.1 Å². The Morgan fingerprint density at radius 2 is 2.41 bits per heavy atom. The minimum Gasteiger partial charge on any atom is -0.467 e. The van der Waals surface area contributed by atoms with Crippen molar-refractivity contribution < 1.29 is 9.21 Å². The molecule has 1 atom stereocenters. The van der Waals surface area contributed by atoms with Crippen molar-refractivity contribution in [3.8, 4) is 0 Å². The molecule has 1 heterocycles. The van der Waals surface area contributed by atoms with Crippen molar-refractivity contribution in [3.63, 3.8) is 0 Å². The number of nitrogens with one attached hydrogen (secondary N) is 1. The van der Waals surface area contributed by atoms with Crippen LogP contribution in [0.2, 0.25) is 0 Å². The van der Waals surface area contributed by atoms with E-state index in [1.807, 2.05) is 19.1 Å². The molecule has 1 saturated carbocycles. The molecule has 1 aromatic heterocycles. The standard InChI is InChI=1S/C13H20N2O2/c1-10(11-4-2-7-17-11)15-12(16)8-13(9-14)5-3-6-13/h2,4,7,10H,3,5-6,8-9,14H2,1H3,(H,15,16)/t10-/m1/s1. The topological polar surface area (TPSA) is 68.3 Å². The van der Waals surface area contributed by atoms with Crippen molar-refractivity contribution in [2.45, 2.75) is 38.6 Å². The molecule has 1 aromatic rings. The number of furan rings is 1. The first kappa shape index (κ1) is 12.2. The molecule has 0 radical (unpaired) electrons. The summed E-state index contributed by atoms with van der Waals surface area (Å²) in [7, 11) is 0. The van der Waals surface area contributed by atoms with Crippen LogP contribution in [0.25, 0.3) is 0 Å². The molecular weight excluding hydrogens is 216 g/mol. The molecule has 0 bridgehead atoms. The van der Waals surface area contributed by atoms with Gasteiger partial charge in [0, 0.05) is 6.42 Å². The van der Waals surface area contributed by atoms with E-state index in [4.69, 9.17) is 10.2 Å². The Morgan fingerprint density at radius 3 is 2.88 bits per heavy atom. The summed E-state index contributed by atoms with van der Waals surface area (Å²) in [5, 5.41) is 2.95. The van der Waals surface area contributed by atoms with Gasteiger partial charge in [-0.25, -0.2) is 0 Å². The largest absolute Gasteiger partial charge is 0.467 e. The average molecular weight is 236 g/mol. The van der Waals surface area contributed by atoms with Crippen LogP contribution < -0.4 is 11.1 Å². The lowest BCUT2D eigenvalue weighted by Crippen LogP contribution is -2.42. The van der Waals surface area contributed by atoms with Crippen LogP contribution in [0, 0.1) is 5.41 Å². The molecule has 0 saturated heterocycles. The van der Waals surface area contributed by atoms with Gasteiger partial charge in [0.15, 0.2) is 0 Å². The third-order valence-corrected chi connectivity index (χ3v) is 3.73. The zero-order valence-corrected chi connectivity index (χ0v) is 10.2. The van der Waals surface area contributed by atoms with E-state index in [-0.39, 0.29) is 17.4 Å². The van der Waals surface area contributed by atoms with Gasteiger partial charge in [-0.1, -0.05) is 6.42 Å². The van der Waals surface area contributed by atoms with E-state index in [2.05, 4.69) is 5.32 Å². The van der Waals surface area contributed by atoms with Gasteiger partial charge < -0.3 is 15.5 Å². The third-order valence-electron chi connectivity index (χ3n) is 3.73. The molecule has 1 fully saturated rings. The summed E-state index contributed by atoms with van der Waals surface area (Å²) in [4.78, 5) is 11.9. The van der Waals surface area contributed by atoms with Gasteiger partial charge in [-0.05, 0) is 43.9 Å². The lowest BCUT2D eigenvalue weighted by molar-refractivity contribution is -0.125. The fraction of sp³-hybridized carbons (Fsp3) is 0.615. The molecule has 0 aliphatic heterocycles. The Kier molecular flexibility index (Phi) is 3.52. The molecule has 0 aromatic carbocycles. The van der Waals surface area contributed by atoms with Crippen molar-refractivity contribution in [3.05, 3.63) is 24.2 Å². The number of nitrogens with two attached hydrogens (primary N) is 1. The van der Waals surface area contributed by atoms with Gasteiger partial charge in [0.25, 0.3) is 0 Å². The molecule has 4 heteroatoms. The Bertz CT molecular complexity index is 363. The lowest BCUT2D eigenvalue weighted by atomic mass is 9.66.